The molecular weight excluding hydrogens is 268 g/mol. The number of pyridine rings is 1. The number of nitrogens with two attached hydrogens (primary N) is 1. The molecule has 0 radical (unpaired) electrons. The van der Waals surface area contributed by atoms with Gasteiger partial charge < -0.3 is 10.5 Å². The van der Waals surface area contributed by atoms with Crippen LogP contribution in [0.3, 0.4) is 0 Å². The third-order valence-corrected chi connectivity index (χ3v) is 3.05. The Kier molecular flexibility index (Phi) is 3.79. The molecule has 0 aliphatic heterocycles. The molecule has 1 aromatic carbocycles. The molecule has 0 bridgehead atoms. The molecule has 0 fully saturated rings. The molecule has 2 rings (SSSR count). The molecule has 2 aromatic rings. The Morgan fingerprint density at radius 3 is 2.83 bits per heavy atom. The summed E-state index contributed by atoms with van der Waals surface area (Å²) in [4.78, 5) is 4.27. The largest absolute Gasteiger partial charge is 0.455 e. The maximum atomic E-state index is 5.96. The van der Waals surface area contributed by atoms with Gasteiger partial charge in [0.15, 0.2) is 5.75 Å². The number of nitrogens with zero attached hydrogens (tertiary/aromatic N) is 1. The molecule has 0 saturated heterocycles. The number of hydrogen-bond acceptors (Lipinski definition) is 3. The molecule has 92 valence electrons. The third kappa shape index (κ3) is 2.78. The average molecular weight is 279 g/mol. The fourth-order valence-corrected chi connectivity index (χ4v) is 1.76. The maximum absolute atomic E-state index is 5.96. The second kappa shape index (κ2) is 5.33. The van der Waals surface area contributed by atoms with Crippen molar-refractivity contribution in [3.05, 3.63) is 52.8 Å². The van der Waals surface area contributed by atoms with E-state index in [9.17, 15) is 0 Å². The number of thiocarbonyl (C=S) groups is 1. The van der Waals surface area contributed by atoms with Crippen LogP contribution in [0, 0.1) is 6.92 Å². The van der Waals surface area contributed by atoms with Gasteiger partial charge in [0, 0.05) is 11.2 Å². The normalized spacial score (nSPS) is 10.1. The van der Waals surface area contributed by atoms with Gasteiger partial charge in [-0.1, -0.05) is 23.8 Å². The Hall–Kier alpha value is -1.65. The lowest BCUT2D eigenvalue weighted by molar-refractivity contribution is 0.479. The van der Waals surface area contributed by atoms with Crippen LogP contribution in [0.15, 0.2) is 36.7 Å². The van der Waals surface area contributed by atoms with E-state index in [-0.39, 0.29) is 4.99 Å². The number of aryl methyl sites for hydroxylation is 1. The zero-order chi connectivity index (χ0) is 13.1. The Morgan fingerprint density at radius 2 is 2.17 bits per heavy atom. The van der Waals surface area contributed by atoms with Crippen LogP contribution in [0.4, 0.5) is 0 Å². The fourth-order valence-electron chi connectivity index (χ4n) is 1.47. The first-order valence-electron chi connectivity index (χ1n) is 5.26. The summed E-state index contributed by atoms with van der Waals surface area (Å²) in [5.41, 5.74) is 7.22. The molecule has 0 atom stereocenters. The molecule has 0 amide bonds. The van der Waals surface area contributed by atoms with E-state index in [1.54, 1.807) is 30.6 Å². The highest BCUT2D eigenvalue weighted by molar-refractivity contribution is 7.80. The summed E-state index contributed by atoms with van der Waals surface area (Å²) in [5.74, 6) is 1.20. The van der Waals surface area contributed by atoms with Crippen molar-refractivity contribution < 1.29 is 4.74 Å². The molecule has 1 heterocycles. The van der Waals surface area contributed by atoms with Gasteiger partial charge in [-0.25, -0.2) is 0 Å². The van der Waals surface area contributed by atoms with Crippen LogP contribution in [0.2, 0.25) is 5.02 Å². The minimum atomic E-state index is 0.276. The fraction of sp³-hybridized carbons (Fsp3) is 0.0769. The highest BCUT2D eigenvalue weighted by atomic mass is 35.5. The lowest BCUT2D eigenvalue weighted by Gasteiger charge is -2.10. The second-order valence-electron chi connectivity index (χ2n) is 3.75. The summed E-state index contributed by atoms with van der Waals surface area (Å²) in [6.45, 7) is 1.91. The van der Waals surface area contributed by atoms with Crippen LogP contribution in [0.25, 0.3) is 0 Å². The number of aromatic nitrogens is 1. The molecule has 0 saturated carbocycles. The van der Waals surface area contributed by atoms with Gasteiger partial charge in [0.1, 0.15) is 10.7 Å². The molecule has 0 aliphatic carbocycles. The van der Waals surface area contributed by atoms with E-state index in [2.05, 4.69) is 4.98 Å². The van der Waals surface area contributed by atoms with Crippen LogP contribution in [0.1, 0.15) is 11.1 Å². The lowest BCUT2D eigenvalue weighted by Crippen LogP contribution is -2.10. The van der Waals surface area contributed by atoms with Crippen molar-refractivity contribution in [3.8, 4) is 11.5 Å². The van der Waals surface area contributed by atoms with E-state index in [0.29, 0.717) is 22.1 Å². The van der Waals surface area contributed by atoms with Crippen molar-refractivity contribution in [2.24, 2.45) is 5.73 Å². The highest BCUT2D eigenvalue weighted by Gasteiger charge is 2.08. The molecule has 5 heteroatoms. The first-order chi connectivity index (χ1) is 8.58. The summed E-state index contributed by atoms with van der Waals surface area (Å²) < 4.78 is 5.72. The summed E-state index contributed by atoms with van der Waals surface area (Å²) in [5, 5.41) is 0.697. The van der Waals surface area contributed by atoms with Gasteiger partial charge in [0.2, 0.25) is 0 Å². The molecule has 18 heavy (non-hydrogen) atoms. The SMILES string of the molecule is Cc1cc(Oc2cnccc2C(N)=S)ccc1Cl. The second-order valence-corrected chi connectivity index (χ2v) is 4.60. The van der Waals surface area contributed by atoms with Gasteiger partial charge in [-0.3, -0.25) is 4.98 Å². The van der Waals surface area contributed by atoms with Crippen molar-refractivity contribution in [3.63, 3.8) is 0 Å². The van der Waals surface area contributed by atoms with Gasteiger partial charge in [0.25, 0.3) is 0 Å². The summed E-state index contributed by atoms with van der Waals surface area (Å²) in [6.07, 6.45) is 3.20. The Labute approximate surface area is 116 Å². The van der Waals surface area contributed by atoms with Crippen LogP contribution in [0.5, 0.6) is 11.5 Å². The number of halogens is 1. The number of rotatable bonds is 3. The molecule has 0 spiro atoms. The molecule has 0 aliphatic rings. The summed E-state index contributed by atoms with van der Waals surface area (Å²) in [7, 11) is 0. The van der Waals surface area contributed by atoms with Crippen molar-refractivity contribution >= 4 is 28.8 Å². The van der Waals surface area contributed by atoms with E-state index in [1.807, 2.05) is 13.0 Å². The van der Waals surface area contributed by atoms with Crippen molar-refractivity contribution in [2.75, 3.05) is 0 Å². The molecule has 1 aromatic heterocycles. The topological polar surface area (TPSA) is 48.1 Å². The van der Waals surface area contributed by atoms with Gasteiger partial charge in [-0.2, -0.15) is 0 Å². The number of ether oxygens (including phenoxy) is 1. The average Bonchev–Trinajstić information content (AvgIpc) is 2.34. The molecule has 0 unspecified atom stereocenters. The predicted molar refractivity (Wildman–Crippen MR) is 76.4 cm³/mol. The maximum Gasteiger partial charge on any atom is 0.155 e. The van der Waals surface area contributed by atoms with Gasteiger partial charge in [-0.15, -0.1) is 0 Å². The lowest BCUT2D eigenvalue weighted by atomic mass is 10.2. The van der Waals surface area contributed by atoms with Gasteiger partial charge >= 0.3 is 0 Å². The molecule has 2 N–H and O–H groups in total. The minimum absolute atomic E-state index is 0.276. The van der Waals surface area contributed by atoms with Gasteiger partial charge in [0.05, 0.1) is 11.8 Å². The van der Waals surface area contributed by atoms with Gasteiger partial charge in [-0.05, 0) is 36.8 Å². The zero-order valence-corrected chi connectivity index (χ0v) is 11.3. The molecule has 3 nitrogen and oxygen atoms in total. The predicted octanol–water partition coefficient (Wildman–Crippen LogP) is 3.47. The monoisotopic (exact) mass is 278 g/mol. The van der Waals surface area contributed by atoms with E-state index in [0.717, 1.165) is 5.56 Å². The smallest absolute Gasteiger partial charge is 0.155 e. The minimum Gasteiger partial charge on any atom is -0.455 e. The van der Waals surface area contributed by atoms with Crippen molar-refractivity contribution in [1.29, 1.82) is 0 Å². The van der Waals surface area contributed by atoms with Crippen molar-refractivity contribution in [1.82, 2.24) is 4.98 Å². The standard InChI is InChI=1S/C13H11ClN2OS/c1-8-6-9(2-3-11(8)14)17-12-7-16-5-4-10(12)13(15)18/h2-7H,1H3,(H2,15,18). The van der Waals surface area contributed by atoms with E-state index in [4.69, 9.17) is 34.3 Å². The van der Waals surface area contributed by atoms with E-state index >= 15 is 0 Å². The highest BCUT2D eigenvalue weighted by Crippen LogP contribution is 2.27. The summed E-state index contributed by atoms with van der Waals surface area (Å²) >= 11 is 10.9. The van der Waals surface area contributed by atoms with E-state index in [1.165, 1.54) is 0 Å². The van der Waals surface area contributed by atoms with E-state index < -0.39 is 0 Å². The Balaban J connectivity index is 2.34. The Bertz CT molecular complexity index is 601. The molecular formula is C13H11ClN2OS. The number of benzene rings is 1. The van der Waals surface area contributed by atoms with Crippen LogP contribution in [-0.2, 0) is 0 Å². The Morgan fingerprint density at radius 1 is 1.39 bits per heavy atom. The van der Waals surface area contributed by atoms with Crippen LogP contribution < -0.4 is 10.5 Å². The van der Waals surface area contributed by atoms with Crippen LogP contribution in [-0.4, -0.2) is 9.97 Å². The first-order valence-corrected chi connectivity index (χ1v) is 6.04. The van der Waals surface area contributed by atoms with Crippen LogP contribution >= 0.6 is 23.8 Å². The quantitative estimate of drug-likeness (QED) is 0.874. The third-order valence-electron chi connectivity index (χ3n) is 2.41. The zero-order valence-electron chi connectivity index (χ0n) is 9.68. The number of hydrogen-bond donors (Lipinski definition) is 1. The summed E-state index contributed by atoms with van der Waals surface area (Å²) in [6, 6.07) is 7.13. The first kappa shape index (κ1) is 12.8. The van der Waals surface area contributed by atoms with Crippen molar-refractivity contribution in [2.45, 2.75) is 6.92 Å².